The van der Waals surface area contributed by atoms with E-state index < -0.39 is 0 Å². The molecule has 1 N–H and O–H groups in total. The molecule has 0 saturated carbocycles. The maximum atomic E-state index is 4.99. The molecular formula is C13H17BrN4O. The van der Waals surface area contributed by atoms with Gasteiger partial charge in [-0.25, -0.2) is 9.67 Å². The van der Waals surface area contributed by atoms with E-state index in [-0.39, 0.29) is 0 Å². The molecule has 0 amide bonds. The van der Waals surface area contributed by atoms with Gasteiger partial charge in [0.05, 0.1) is 19.7 Å². The molecule has 2 aromatic rings. The first kappa shape index (κ1) is 14.2. The van der Waals surface area contributed by atoms with Crippen molar-refractivity contribution < 1.29 is 4.74 Å². The fourth-order valence-corrected chi connectivity index (χ4v) is 1.96. The zero-order valence-corrected chi connectivity index (χ0v) is 12.4. The first-order chi connectivity index (χ1) is 9.29. The number of nitrogens with one attached hydrogen (secondary N) is 1. The van der Waals surface area contributed by atoms with Crippen molar-refractivity contribution >= 4 is 15.9 Å². The number of nitrogens with zero attached hydrogens (tertiary/aromatic N) is 3. The molecule has 2 rings (SSSR count). The molecule has 0 fully saturated rings. The monoisotopic (exact) mass is 324 g/mol. The smallest absolute Gasteiger partial charge is 0.141 e. The third-order valence-corrected chi connectivity index (χ3v) is 3.24. The number of aromatic nitrogens is 3. The second-order valence-corrected chi connectivity index (χ2v) is 5.05. The summed E-state index contributed by atoms with van der Waals surface area (Å²) in [4.78, 5) is 4.27. The van der Waals surface area contributed by atoms with Gasteiger partial charge in [-0.2, -0.15) is 5.10 Å². The van der Waals surface area contributed by atoms with Crippen molar-refractivity contribution in [3.05, 3.63) is 46.5 Å². The van der Waals surface area contributed by atoms with Crippen molar-refractivity contribution in [1.29, 1.82) is 0 Å². The molecule has 0 aliphatic heterocycles. The summed E-state index contributed by atoms with van der Waals surface area (Å²) < 4.78 is 7.97. The molecule has 0 bridgehead atoms. The second kappa shape index (κ2) is 7.37. The van der Waals surface area contributed by atoms with E-state index in [4.69, 9.17) is 4.74 Å². The fourth-order valence-electron chi connectivity index (χ4n) is 1.69. The van der Waals surface area contributed by atoms with E-state index in [9.17, 15) is 0 Å². The van der Waals surface area contributed by atoms with Crippen LogP contribution in [0.4, 0.5) is 0 Å². The van der Waals surface area contributed by atoms with Crippen LogP contribution in [0.1, 0.15) is 11.4 Å². The van der Waals surface area contributed by atoms with Gasteiger partial charge in [-0.05, 0) is 17.7 Å². The van der Waals surface area contributed by atoms with Crippen molar-refractivity contribution in [2.24, 2.45) is 0 Å². The number of halogens is 1. The van der Waals surface area contributed by atoms with Crippen LogP contribution >= 0.6 is 15.9 Å². The molecule has 0 saturated heterocycles. The number of hydrogen-bond donors (Lipinski definition) is 1. The van der Waals surface area contributed by atoms with Gasteiger partial charge in [0.25, 0.3) is 0 Å². The summed E-state index contributed by atoms with van der Waals surface area (Å²) in [5, 5.41) is 7.52. The molecule has 102 valence electrons. The molecular weight excluding hydrogens is 308 g/mol. The molecule has 1 aromatic heterocycles. The minimum Gasteiger partial charge on any atom is -0.383 e. The van der Waals surface area contributed by atoms with Crippen LogP contribution in [0.5, 0.6) is 0 Å². The van der Waals surface area contributed by atoms with Crippen LogP contribution in [0.3, 0.4) is 0 Å². The Morgan fingerprint density at radius 1 is 1.32 bits per heavy atom. The average molecular weight is 325 g/mol. The third kappa shape index (κ3) is 4.41. The molecule has 5 nitrogen and oxygen atoms in total. The van der Waals surface area contributed by atoms with Gasteiger partial charge in [-0.3, -0.25) is 0 Å². The molecule has 0 aliphatic rings. The molecule has 0 radical (unpaired) electrons. The van der Waals surface area contributed by atoms with E-state index in [0.717, 1.165) is 23.4 Å². The van der Waals surface area contributed by atoms with E-state index >= 15 is 0 Å². The molecule has 0 atom stereocenters. The largest absolute Gasteiger partial charge is 0.383 e. The average Bonchev–Trinajstić information content (AvgIpc) is 2.85. The standard InChI is InChI=1S/C13H17BrN4O/c1-19-7-6-15-8-13-16-10-17-18(13)9-11-2-4-12(14)5-3-11/h2-5,10,15H,6-9H2,1H3. The van der Waals surface area contributed by atoms with Gasteiger partial charge in [0.2, 0.25) is 0 Å². The van der Waals surface area contributed by atoms with Crippen molar-refractivity contribution in [1.82, 2.24) is 20.1 Å². The van der Waals surface area contributed by atoms with E-state index in [1.165, 1.54) is 5.56 Å². The minimum absolute atomic E-state index is 0.694. The van der Waals surface area contributed by atoms with Crippen LogP contribution in [-0.4, -0.2) is 35.0 Å². The Balaban J connectivity index is 1.93. The first-order valence-corrected chi connectivity index (χ1v) is 6.89. The normalized spacial score (nSPS) is 10.8. The number of rotatable bonds is 7. The van der Waals surface area contributed by atoms with Gasteiger partial charge in [0.1, 0.15) is 12.2 Å². The molecule has 19 heavy (non-hydrogen) atoms. The van der Waals surface area contributed by atoms with Crippen LogP contribution in [-0.2, 0) is 17.8 Å². The molecule has 0 unspecified atom stereocenters. The highest BCUT2D eigenvalue weighted by Gasteiger charge is 2.04. The highest BCUT2D eigenvalue weighted by Crippen LogP contribution is 2.11. The van der Waals surface area contributed by atoms with Crippen molar-refractivity contribution in [2.45, 2.75) is 13.1 Å². The Kier molecular flexibility index (Phi) is 5.50. The van der Waals surface area contributed by atoms with Gasteiger partial charge in [0.15, 0.2) is 0 Å². The SMILES string of the molecule is COCCNCc1ncnn1Cc1ccc(Br)cc1. The second-order valence-electron chi connectivity index (χ2n) is 4.13. The summed E-state index contributed by atoms with van der Waals surface area (Å²) in [6.07, 6.45) is 1.59. The lowest BCUT2D eigenvalue weighted by Crippen LogP contribution is -2.21. The maximum Gasteiger partial charge on any atom is 0.141 e. The maximum absolute atomic E-state index is 4.99. The Bertz CT molecular complexity index is 498. The zero-order valence-electron chi connectivity index (χ0n) is 10.8. The molecule has 0 aliphatic carbocycles. The third-order valence-electron chi connectivity index (χ3n) is 2.71. The van der Waals surface area contributed by atoms with E-state index in [2.05, 4.69) is 43.5 Å². The topological polar surface area (TPSA) is 52.0 Å². The Labute approximate surface area is 121 Å². The first-order valence-electron chi connectivity index (χ1n) is 6.10. The summed E-state index contributed by atoms with van der Waals surface area (Å²) in [7, 11) is 1.69. The van der Waals surface area contributed by atoms with Crippen molar-refractivity contribution in [2.75, 3.05) is 20.3 Å². The predicted molar refractivity (Wildman–Crippen MR) is 76.8 cm³/mol. The highest BCUT2D eigenvalue weighted by molar-refractivity contribution is 9.10. The van der Waals surface area contributed by atoms with Gasteiger partial charge >= 0.3 is 0 Å². The molecule has 1 aromatic carbocycles. The lowest BCUT2D eigenvalue weighted by Gasteiger charge is -2.07. The van der Waals surface area contributed by atoms with E-state index in [1.54, 1.807) is 13.4 Å². The van der Waals surface area contributed by atoms with Crippen LogP contribution in [0.2, 0.25) is 0 Å². The van der Waals surface area contributed by atoms with Gasteiger partial charge in [-0.1, -0.05) is 28.1 Å². The highest BCUT2D eigenvalue weighted by atomic mass is 79.9. The zero-order chi connectivity index (χ0) is 13.5. The van der Waals surface area contributed by atoms with E-state index in [0.29, 0.717) is 13.2 Å². The Morgan fingerprint density at radius 2 is 2.11 bits per heavy atom. The predicted octanol–water partition coefficient (Wildman–Crippen LogP) is 1.82. The molecule has 6 heteroatoms. The van der Waals surface area contributed by atoms with Crippen LogP contribution in [0, 0.1) is 0 Å². The van der Waals surface area contributed by atoms with Crippen molar-refractivity contribution in [3.63, 3.8) is 0 Å². The number of hydrogen-bond acceptors (Lipinski definition) is 4. The van der Waals surface area contributed by atoms with Crippen LogP contribution < -0.4 is 5.32 Å². The Morgan fingerprint density at radius 3 is 2.84 bits per heavy atom. The number of ether oxygens (including phenoxy) is 1. The van der Waals surface area contributed by atoms with E-state index in [1.807, 2.05) is 16.8 Å². The van der Waals surface area contributed by atoms with Crippen LogP contribution in [0.15, 0.2) is 35.1 Å². The summed E-state index contributed by atoms with van der Waals surface area (Å²) in [5.74, 6) is 0.930. The summed E-state index contributed by atoms with van der Waals surface area (Å²) in [5.41, 5.74) is 1.20. The molecule has 1 heterocycles. The number of methoxy groups -OCH3 is 1. The van der Waals surface area contributed by atoms with Crippen molar-refractivity contribution in [3.8, 4) is 0 Å². The van der Waals surface area contributed by atoms with Gasteiger partial charge < -0.3 is 10.1 Å². The van der Waals surface area contributed by atoms with Gasteiger partial charge in [-0.15, -0.1) is 0 Å². The fraction of sp³-hybridized carbons (Fsp3) is 0.385. The summed E-state index contributed by atoms with van der Waals surface area (Å²) in [6.45, 7) is 2.93. The lowest BCUT2D eigenvalue weighted by atomic mass is 10.2. The van der Waals surface area contributed by atoms with Crippen LogP contribution in [0.25, 0.3) is 0 Å². The Hall–Kier alpha value is -1.24. The minimum atomic E-state index is 0.694. The number of benzene rings is 1. The van der Waals surface area contributed by atoms with Gasteiger partial charge in [0, 0.05) is 18.1 Å². The lowest BCUT2D eigenvalue weighted by molar-refractivity contribution is 0.198. The quantitative estimate of drug-likeness (QED) is 0.789. The summed E-state index contributed by atoms with van der Waals surface area (Å²) in [6, 6.07) is 8.22. The summed E-state index contributed by atoms with van der Waals surface area (Å²) >= 11 is 3.43. The molecule has 0 spiro atoms.